The summed E-state index contributed by atoms with van der Waals surface area (Å²) in [4.78, 5) is 17.2. The third-order valence-corrected chi connectivity index (χ3v) is 8.52. The van der Waals surface area contributed by atoms with Crippen LogP contribution >= 0.6 is 0 Å². The molecule has 2 aromatic heterocycles. The molecule has 1 saturated carbocycles. The van der Waals surface area contributed by atoms with Gasteiger partial charge in [-0.15, -0.1) is 10.3 Å². The number of nitrogens with zero attached hydrogens (tertiary/aromatic N) is 1. The lowest BCUT2D eigenvalue weighted by molar-refractivity contribution is 0.272. The standard InChI is InChI=1S/C32H29FN2O4S/c1-4-20-12-13-24-27(14-20)34-32-30(24)31(36)26-17-29(39-18-19(2)3)25(16-28(26)35(32)22-9-5-6-10-22)21-8-7-11-23(15-21)40(33,37)38/h1,7-8,11-17,19,22,34H,5-6,9-10,18H2,2-3H3. The maximum Gasteiger partial charge on any atom is 0.332 e. The number of hydrogen-bond acceptors (Lipinski definition) is 4. The molecule has 8 heteroatoms. The van der Waals surface area contributed by atoms with E-state index < -0.39 is 15.1 Å². The molecule has 1 aliphatic carbocycles. The first-order valence-corrected chi connectivity index (χ1v) is 14.9. The van der Waals surface area contributed by atoms with Gasteiger partial charge in [-0.25, -0.2) is 0 Å². The van der Waals surface area contributed by atoms with E-state index >= 15 is 0 Å². The molecule has 2 heterocycles. The monoisotopic (exact) mass is 556 g/mol. The minimum Gasteiger partial charge on any atom is -0.493 e. The van der Waals surface area contributed by atoms with E-state index in [0.29, 0.717) is 39.8 Å². The summed E-state index contributed by atoms with van der Waals surface area (Å²) in [6.45, 7) is 4.43. The lowest BCUT2D eigenvalue weighted by Gasteiger charge is -2.22. The van der Waals surface area contributed by atoms with E-state index in [4.69, 9.17) is 11.2 Å². The van der Waals surface area contributed by atoms with Crippen molar-refractivity contribution in [3.05, 3.63) is 70.4 Å². The molecule has 0 spiro atoms. The van der Waals surface area contributed by atoms with Crippen molar-refractivity contribution in [3.8, 4) is 29.2 Å². The van der Waals surface area contributed by atoms with Crippen LogP contribution in [0.3, 0.4) is 0 Å². The number of aromatic amines is 1. The number of pyridine rings is 1. The zero-order valence-corrected chi connectivity index (χ0v) is 23.1. The summed E-state index contributed by atoms with van der Waals surface area (Å²) in [6, 6.07) is 15.2. The third kappa shape index (κ3) is 4.44. The Bertz CT molecular complexity index is 2010. The van der Waals surface area contributed by atoms with E-state index in [1.165, 1.54) is 18.2 Å². The van der Waals surface area contributed by atoms with Crippen molar-refractivity contribution in [1.82, 2.24) is 9.55 Å². The van der Waals surface area contributed by atoms with E-state index in [9.17, 15) is 17.1 Å². The molecule has 6 nitrogen and oxygen atoms in total. The zero-order valence-electron chi connectivity index (χ0n) is 22.3. The number of fused-ring (bicyclic) bond motifs is 4. The quantitative estimate of drug-likeness (QED) is 0.179. The van der Waals surface area contributed by atoms with Crippen LogP contribution in [0.4, 0.5) is 3.89 Å². The SMILES string of the molecule is C#Cc1ccc2c(c1)[nH]c1c2c(=O)c2cc(OCC(C)C)c(-c3cccc(S(=O)(=O)F)c3)cc2n1C1CCCC1. The van der Waals surface area contributed by atoms with Crippen molar-refractivity contribution < 1.29 is 17.0 Å². The molecule has 0 aliphatic heterocycles. The Morgan fingerprint density at radius 2 is 1.88 bits per heavy atom. The molecule has 0 amide bonds. The number of rotatable bonds is 6. The van der Waals surface area contributed by atoms with Crippen molar-refractivity contribution >= 4 is 43.1 Å². The predicted octanol–water partition coefficient (Wildman–Crippen LogP) is 7.09. The first-order chi connectivity index (χ1) is 19.2. The molecule has 0 radical (unpaired) electrons. The van der Waals surface area contributed by atoms with Crippen LogP contribution in [0.2, 0.25) is 0 Å². The number of hydrogen-bond donors (Lipinski definition) is 1. The van der Waals surface area contributed by atoms with Gasteiger partial charge in [0.1, 0.15) is 11.4 Å². The van der Waals surface area contributed by atoms with Crippen molar-refractivity contribution in [2.75, 3.05) is 6.61 Å². The topological polar surface area (TPSA) is 81.2 Å². The highest BCUT2D eigenvalue weighted by Crippen LogP contribution is 2.40. The van der Waals surface area contributed by atoms with Gasteiger partial charge in [0.25, 0.3) is 0 Å². The number of nitrogens with one attached hydrogen (secondary N) is 1. The van der Waals surface area contributed by atoms with Crippen LogP contribution in [0.25, 0.3) is 44.0 Å². The molecule has 0 unspecified atom stereocenters. The summed E-state index contributed by atoms with van der Waals surface area (Å²) >= 11 is 0. The molecule has 0 saturated heterocycles. The van der Waals surface area contributed by atoms with E-state index in [-0.39, 0.29) is 17.4 Å². The molecular formula is C32H29FN2O4S. The molecule has 204 valence electrons. The molecule has 5 aromatic rings. The average molecular weight is 557 g/mol. The lowest BCUT2D eigenvalue weighted by atomic mass is 10.00. The molecular weight excluding hydrogens is 527 g/mol. The Labute approximate surface area is 232 Å². The Morgan fingerprint density at radius 1 is 1.10 bits per heavy atom. The van der Waals surface area contributed by atoms with Crippen molar-refractivity contribution in [2.45, 2.75) is 50.5 Å². The average Bonchev–Trinajstić information content (AvgIpc) is 3.59. The normalized spacial score (nSPS) is 14.5. The van der Waals surface area contributed by atoms with Crippen LogP contribution in [0.1, 0.15) is 51.1 Å². The third-order valence-electron chi connectivity index (χ3n) is 7.70. The predicted molar refractivity (Wildman–Crippen MR) is 157 cm³/mol. The number of benzene rings is 3. The largest absolute Gasteiger partial charge is 0.493 e. The molecule has 1 aliphatic rings. The molecule has 0 bridgehead atoms. The minimum absolute atomic E-state index is 0.125. The maximum absolute atomic E-state index is 14.2. The van der Waals surface area contributed by atoms with Crippen LogP contribution in [-0.4, -0.2) is 24.6 Å². The van der Waals surface area contributed by atoms with Gasteiger partial charge in [-0.2, -0.15) is 8.42 Å². The highest BCUT2D eigenvalue weighted by Gasteiger charge is 2.26. The van der Waals surface area contributed by atoms with Gasteiger partial charge in [0.15, 0.2) is 5.43 Å². The first kappa shape index (κ1) is 26.1. The summed E-state index contributed by atoms with van der Waals surface area (Å²) in [5.41, 5.74) is 3.92. The van der Waals surface area contributed by atoms with Gasteiger partial charge in [-0.3, -0.25) is 4.79 Å². The Kier molecular flexibility index (Phi) is 6.42. The Hall–Kier alpha value is -4.09. The number of H-pyrrole nitrogens is 1. The number of terminal acetylenes is 1. The van der Waals surface area contributed by atoms with Gasteiger partial charge in [-0.05, 0) is 60.7 Å². The van der Waals surface area contributed by atoms with Crippen LogP contribution in [0, 0.1) is 18.3 Å². The Morgan fingerprint density at radius 3 is 2.58 bits per heavy atom. The van der Waals surface area contributed by atoms with Crippen molar-refractivity contribution in [2.24, 2.45) is 5.92 Å². The number of aromatic nitrogens is 2. The fourth-order valence-corrected chi connectivity index (χ4v) is 6.36. The summed E-state index contributed by atoms with van der Waals surface area (Å²) in [6.07, 6.45) is 9.75. The van der Waals surface area contributed by atoms with Gasteiger partial charge < -0.3 is 14.3 Å². The van der Waals surface area contributed by atoms with Crippen molar-refractivity contribution in [1.29, 1.82) is 0 Å². The molecule has 6 rings (SSSR count). The van der Waals surface area contributed by atoms with Crippen molar-refractivity contribution in [3.63, 3.8) is 0 Å². The van der Waals surface area contributed by atoms with Crippen LogP contribution in [0.5, 0.6) is 5.75 Å². The number of halogens is 1. The molecule has 1 N–H and O–H groups in total. The minimum atomic E-state index is -4.91. The van der Waals surface area contributed by atoms with E-state index in [2.05, 4.69) is 15.5 Å². The highest BCUT2D eigenvalue weighted by molar-refractivity contribution is 7.86. The van der Waals surface area contributed by atoms with Crippen LogP contribution in [-0.2, 0) is 10.2 Å². The molecule has 3 aromatic carbocycles. The van der Waals surface area contributed by atoms with Gasteiger partial charge in [-0.1, -0.05) is 50.8 Å². The second-order valence-electron chi connectivity index (χ2n) is 10.9. The Balaban J connectivity index is 1.73. The van der Waals surface area contributed by atoms with Crippen LogP contribution in [0.15, 0.2) is 64.3 Å². The first-order valence-electron chi connectivity index (χ1n) is 13.5. The summed E-state index contributed by atoms with van der Waals surface area (Å²) in [5.74, 6) is 3.31. The fourth-order valence-electron chi connectivity index (χ4n) is 5.85. The van der Waals surface area contributed by atoms with E-state index in [1.54, 1.807) is 12.1 Å². The summed E-state index contributed by atoms with van der Waals surface area (Å²) < 4.78 is 45.8. The zero-order chi connectivity index (χ0) is 28.2. The van der Waals surface area contributed by atoms with Gasteiger partial charge in [0, 0.05) is 28.1 Å². The second-order valence-corrected chi connectivity index (χ2v) is 12.3. The molecule has 1 fully saturated rings. The molecule has 0 atom stereocenters. The molecule has 40 heavy (non-hydrogen) atoms. The van der Waals surface area contributed by atoms with Gasteiger partial charge in [0.2, 0.25) is 0 Å². The highest BCUT2D eigenvalue weighted by atomic mass is 32.3. The second kappa shape index (κ2) is 9.83. The summed E-state index contributed by atoms with van der Waals surface area (Å²) in [5, 5.41) is 1.92. The maximum atomic E-state index is 14.2. The van der Waals surface area contributed by atoms with Crippen LogP contribution < -0.4 is 10.2 Å². The summed E-state index contributed by atoms with van der Waals surface area (Å²) in [7, 11) is -4.91. The van der Waals surface area contributed by atoms with Gasteiger partial charge in [0.05, 0.1) is 27.8 Å². The lowest BCUT2D eigenvalue weighted by Crippen LogP contribution is -2.15. The smallest absolute Gasteiger partial charge is 0.332 e. The van der Waals surface area contributed by atoms with Gasteiger partial charge >= 0.3 is 10.2 Å². The fraction of sp³-hybridized carbons (Fsp3) is 0.281. The van der Waals surface area contributed by atoms with E-state index in [0.717, 1.165) is 47.8 Å². The van der Waals surface area contributed by atoms with E-state index in [1.807, 2.05) is 38.1 Å². The number of ether oxygens (including phenoxy) is 1.